The predicted octanol–water partition coefficient (Wildman–Crippen LogP) is 1.36. The maximum absolute atomic E-state index is 12.6. The van der Waals surface area contributed by atoms with Crippen LogP contribution in [0.5, 0.6) is 0 Å². The number of aromatic nitrogens is 3. The third-order valence-corrected chi connectivity index (χ3v) is 4.77. The van der Waals surface area contributed by atoms with E-state index in [0.29, 0.717) is 24.8 Å². The lowest BCUT2D eigenvalue weighted by molar-refractivity contribution is -0.120. The van der Waals surface area contributed by atoms with E-state index in [1.807, 2.05) is 23.1 Å². The zero-order chi connectivity index (χ0) is 16.2. The molecule has 0 radical (unpaired) electrons. The van der Waals surface area contributed by atoms with Crippen LogP contribution in [-0.2, 0) is 22.6 Å². The molecule has 3 rings (SSSR count). The average Bonchev–Trinajstić information content (AvgIpc) is 3.09. The molecule has 8 heteroatoms. The summed E-state index contributed by atoms with van der Waals surface area (Å²) in [5.41, 5.74) is 2.05. The lowest BCUT2D eigenvalue weighted by Gasteiger charge is -2.22. The van der Waals surface area contributed by atoms with Crippen LogP contribution in [0.25, 0.3) is 0 Å². The van der Waals surface area contributed by atoms with Gasteiger partial charge >= 0.3 is 0 Å². The van der Waals surface area contributed by atoms with Gasteiger partial charge in [0.1, 0.15) is 0 Å². The van der Waals surface area contributed by atoms with Crippen LogP contribution in [-0.4, -0.2) is 52.4 Å². The highest BCUT2D eigenvalue weighted by Gasteiger charge is 2.27. The second-order valence-corrected chi connectivity index (χ2v) is 6.57. The van der Waals surface area contributed by atoms with Crippen LogP contribution in [0.2, 0.25) is 0 Å². The van der Waals surface area contributed by atoms with Gasteiger partial charge in [-0.15, -0.1) is 11.3 Å². The van der Waals surface area contributed by atoms with E-state index in [4.69, 9.17) is 4.74 Å². The number of amides is 1. The fraction of sp³-hybridized carbons (Fsp3) is 0.533. The zero-order valence-electron chi connectivity index (χ0n) is 13.4. The molecule has 1 unspecified atom stereocenters. The highest BCUT2D eigenvalue weighted by atomic mass is 32.1. The Kier molecular flexibility index (Phi) is 5.04. The van der Waals surface area contributed by atoms with Crippen molar-refractivity contribution in [3.63, 3.8) is 0 Å². The molecule has 0 aliphatic carbocycles. The van der Waals surface area contributed by atoms with Gasteiger partial charge in [0.2, 0.25) is 5.91 Å². The Morgan fingerprint density at radius 2 is 2.39 bits per heavy atom. The van der Waals surface area contributed by atoms with Gasteiger partial charge in [-0.2, -0.15) is 5.10 Å². The fourth-order valence-electron chi connectivity index (χ4n) is 2.71. The number of thiazole rings is 1. The standard InChI is InChI=1S/C15H21N5O2S/c1-11-10-23-15(17-11)18-14(21)12-7-19(5-6-22-2)9-13-3-4-16-20(13)8-12/h3-4,10,12H,5-9H2,1-2H3,(H,17,18,21). The number of methoxy groups -OCH3 is 1. The van der Waals surface area contributed by atoms with Crippen molar-refractivity contribution in [1.82, 2.24) is 19.7 Å². The molecule has 1 N–H and O–H groups in total. The number of nitrogens with one attached hydrogen (secondary N) is 1. The van der Waals surface area contributed by atoms with E-state index in [1.165, 1.54) is 11.3 Å². The first kappa shape index (κ1) is 16.1. The van der Waals surface area contributed by atoms with Crippen LogP contribution in [0.4, 0.5) is 5.13 Å². The van der Waals surface area contributed by atoms with Crippen LogP contribution >= 0.6 is 11.3 Å². The normalized spacial score (nSPS) is 18.4. The Hall–Kier alpha value is -1.77. The van der Waals surface area contributed by atoms with Crippen molar-refractivity contribution in [2.45, 2.75) is 20.0 Å². The van der Waals surface area contributed by atoms with E-state index in [-0.39, 0.29) is 11.8 Å². The summed E-state index contributed by atoms with van der Waals surface area (Å²) in [5.74, 6) is -0.178. The van der Waals surface area contributed by atoms with Gasteiger partial charge in [0.15, 0.2) is 5.13 Å². The minimum absolute atomic E-state index is 0.00915. The quantitative estimate of drug-likeness (QED) is 0.893. The maximum Gasteiger partial charge on any atom is 0.232 e. The highest BCUT2D eigenvalue weighted by Crippen LogP contribution is 2.19. The van der Waals surface area contributed by atoms with Crippen molar-refractivity contribution in [3.05, 3.63) is 29.0 Å². The third-order valence-electron chi connectivity index (χ3n) is 3.89. The Labute approximate surface area is 139 Å². The number of anilines is 1. The number of fused-ring (bicyclic) bond motifs is 1. The number of hydrogen-bond donors (Lipinski definition) is 1. The molecule has 2 aromatic rings. The summed E-state index contributed by atoms with van der Waals surface area (Å²) in [4.78, 5) is 19.2. The topological polar surface area (TPSA) is 72.3 Å². The molecule has 1 amide bonds. The van der Waals surface area contributed by atoms with Gasteiger partial charge in [-0.05, 0) is 13.0 Å². The minimum Gasteiger partial charge on any atom is -0.383 e. The van der Waals surface area contributed by atoms with Gasteiger partial charge in [0, 0.05) is 38.3 Å². The van der Waals surface area contributed by atoms with Crippen LogP contribution in [0.15, 0.2) is 17.6 Å². The van der Waals surface area contributed by atoms with Gasteiger partial charge in [-0.1, -0.05) is 0 Å². The van der Waals surface area contributed by atoms with E-state index in [9.17, 15) is 4.79 Å². The Bertz CT molecular complexity index is 668. The molecule has 0 saturated heterocycles. The minimum atomic E-state index is -0.169. The first-order valence-corrected chi connectivity index (χ1v) is 8.48. The summed E-state index contributed by atoms with van der Waals surface area (Å²) in [5, 5.41) is 9.85. The molecule has 2 aromatic heterocycles. The monoisotopic (exact) mass is 335 g/mol. The molecular weight excluding hydrogens is 314 g/mol. The molecule has 1 aliphatic rings. The van der Waals surface area contributed by atoms with Gasteiger partial charge < -0.3 is 10.1 Å². The molecule has 124 valence electrons. The van der Waals surface area contributed by atoms with Crippen molar-refractivity contribution in [1.29, 1.82) is 0 Å². The first-order valence-electron chi connectivity index (χ1n) is 7.60. The molecule has 0 saturated carbocycles. The SMILES string of the molecule is COCCN1Cc2ccnn2CC(C(=O)Nc2nc(C)cs2)C1. The zero-order valence-corrected chi connectivity index (χ0v) is 14.2. The Morgan fingerprint density at radius 1 is 1.52 bits per heavy atom. The fourth-order valence-corrected chi connectivity index (χ4v) is 3.40. The van der Waals surface area contributed by atoms with Gasteiger partial charge in [0.25, 0.3) is 0 Å². The van der Waals surface area contributed by atoms with Crippen LogP contribution < -0.4 is 5.32 Å². The van der Waals surface area contributed by atoms with E-state index >= 15 is 0 Å². The summed E-state index contributed by atoms with van der Waals surface area (Å²) in [6, 6.07) is 2.00. The molecule has 0 spiro atoms. The van der Waals surface area contributed by atoms with Crippen molar-refractivity contribution in [3.8, 4) is 0 Å². The van der Waals surface area contributed by atoms with E-state index in [1.54, 1.807) is 13.3 Å². The highest BCUT2D eigenvalue weighted by molar-refractivity contribution is 7.13. The van der Waals surface area contributed by atoms with E-state index < -0.39 is 0 Å². The van der Waals surface area contributed by atoms with Gasteiger partial charge in [0.05, 0.1) is 30.5 Å². The second kappa shape index (κ2) is 7.20. The van der Waals surface area contributed by atoms with Crippen LogP contribution in [0.3, 0.4) is 0 Å². The van der Waals surface area contributed by atoms with E-state index in [2.05, 4.69) is 20.3 Å². The molecule has 1 aliphatic heterocycles. The smallest absolute Gasteiger partial charge is 0.232 e. The number of carbonyl (C=O) groups excluding carboxylic acids is 1. The van der Waals surface area contributed by atoms with Crippen molar-refractivity contribution < 1.29 is 9.53 Å². The summed E-state index contributed by atoms with van der Waals surface area (Å²) in [6.45, 7) is 5.41. The Balaban J connectivity index is 1.72. The van der Waals surface area contributed by atoms with Gasteiger partial charge in [-0.3, -0.25) is 14.4 Å². The number of nitrogens with zero attached hydrogens (tertiary/aromatic N) is 4. The predicted molar refractivity (Wildman–Crippen MR) is 88.4 cm³/mol. The molecule has 23 heavy (non-hydrogen) atoms. The van der Waals surface area contributed by atoms with Gasteiger partial charge in [-0.25, -0.2) is 4.98 Å². The Morgan fingerprint density at radius 3 is 3.13 bits per heavy atom. The number of carbonyl (C=O) groups is 1. The summed E-state index contributed by atoms with van der Waals surface area (Å²) < 4.78 is 7.10. The lowest BCUT2D eigenvalue weighted by atomic mass is 10.1. The molecule has 7 nitrogen and oxygen atoms in total. The second-order valence-electron chi connectivity index (χ2n) is 5.71. The molecular formula is C15H21N5O2S. The van der Waals surface area contributed by atoms with Crippen molar-refractivity contribution >= 4 is 22.4 Å². The van der Waals surface area contributed by atoms with Crippen molar-refractivity contribution in [2.75, 3.05) is 32.1 Å². The van der Waals surface area contributed by atoms with E-state index in [0.717, 1.165) is 24.5 Å². The molecule has 0 aromatic carbocycles. The van der Waals surface area contributed by atoms with Crippen molar-refractivity contribution in [2.24, 2.45) is 5.92 Å². The maximum atomic E-state index is 12.6. The lowest BCUT2D eigenvalue weighted by Crippen LogP contribution is -2.36. The number of rotatable bonds is 5. The third kappa shape index (κ3) is 3.95. The number of aryl methyl sites for hydroxylation is 1. The average molecular weight is 335 g/mol. The molecule has 3 heterocycles. The van der Waals surface area contributed by atoms with Crippen LogP contribution in [0, 0.1) is 12.8 Å². The summed E-state index contributed by atoms with van der Waals surface area (Å²) in [6.07, 6.45) is 1.79. The number of ether oxygens (including phenoxy) is 1. The molecule has 0 bridgehead atoms. The summed E-state index contributed by atoms with van der Waals surface area (Å²) >= 11 is 1.45. The molecule has 1 atom stereocenters. The first-order chi connectivity index (χ1) is 11.2. The summed E-state index contributed by atoms with van der Waals surface area (Å²) in [7, 11) is 1.69. The largest absolute Gasteiger partial charge is 0.383 e. The van der Waals surface area contributed by atoms with Crippen LogP contribution in [0.1, 0.15) is 11.4 Å². The molecule has 0 fully saturated rings. The number of hydrogen-bond acceptors (Lipinski definition) is 6.